The molecule has 1 saturated heterocycles. The van der Waals surface area contributed by atoms with E-state index in [0.717, 1.165) is 0 Å². The summed E-state index contributed by atoms with van der Waals surface area (Å²) in [5.41, 5.74) is 2.36. The van der Waals surface area contributed by atoms with Crippen LogP contribution in [0.2, 0.25) is 0 Å². The van der Waals surface area contributed by atoms with E-state index in [2.05, 4.69) is 10.2 Å². The van der Waals surface area contributed by atoms with E-state index in [1.54, 1.807) is 11.8 Å². The second-order valence-electron chi connectivity index (χ2n) is 10.3. The first-order valence-electron chi connectivity index (χ1n) is 13.4. The molecule has 3 aliphatic rings. The number of ether oxygens (including phenoxy) is 1. The average Bonchev–Trinajstić information content (AvgIpc) is 3.29. The Hall–Kier alpha value is -3.58. The minimum absolute atomic E-state index is 0.124. The van der Waals surface area contributed by atoms with Crippen molar-refractivity contribution in [3.8, 4) is 0 Å². The standard InChI is InChI=1S/C28H33FN4O7/c1-16-24(13-21-20-12-18(29)5-6-22(20)30-26(21)36)33(40-28(38)17(2)34)23-4-3-7-32(27(37)25(16)23)15-19(35)14-31-8-10-39-11-9-31/h5-6,12-13,17,19,34-35H,3-4,7-11,14-15H2,1-2H3,(H,30,36)/b21-13-/t17?,19-/m1/s1. The molecule has 0 aliphatic carbocycles. The quantitative estimate of drug-likeness (QED) is 0.428. The van der Waals surface area contributed by atoms with Crippen molar-refractivity contribution in [2.75, 3.05) is 51.3 Å². The van der Waals surface area contributed by atoms with Crippen LogP contribution >= 0.6 is 0 Å². The maximum atomic E-state index is 14.0. The SMILES string of the molecule is Cc1c2c(n(OC(=O)C(C)O)c1/C=C1\C(=O)Nc3ccc(F)cc31)CCCN(C[C@H](O)CN1CCOCC1)C2=O. The summed E-state index contributed by atoms with van der Waals surface area (Å²) in [6, 6.07) is 3.93. The molecule has 40 heavy (non-hydrogen) atoms. The molecule has 3 aliphatic heterocycles. The fourth-order valence-corrected chi connectivity index (χ4v) is 5.40. The first kappa shape index (κ1) is 28.0. The van der Waals surface area contributed by atoms with Crippen LogP contribution in [0.1, 0.15) is 46.2 Å². The first-order chi connectivity index (χ1) is 19.1. The topological polar surface area (TPSA) is 134 Å². The summed E-state index contributed by atoms with van der Waals surface area (Å²) in [4.78, 5) is 48.4. The van der Waals surface area contributed by atoms with Gasteiger partial charge in [-0.05, 0) is 56.5 Å². The summed E-state index contributed by atoms with van der Waals surface area (Å²) in [6.45, 7) is 6.50. The molecular weight excluding hydrogens is 523 g/mol. The summed E-state index contributed by atoms with van der Waals surface area (Å²) >= 11 is 0. The summed E-state index contributed by atoms with van der Waals surface area (Å²) < 4.78 is 20.6. The Bertz CT molecular complexity index is 1360. The number of carbonyl (C=O) groups is 3. The predicted molar refractivity (Wildman–Crippen MR) is 143 cm³/mol. The van der Waals surface area contributed by atoms with E-state index in [-0.39, 0.29) is 23.7 Å². The van der Waals surface area contributed by atoms with Gasteiger partial charge in [-0.15, -0.1) is 0 Å². The Morgan fingerprint density at radius 2 is 1.95 bits per heavy atom. The Morgan fingerprint density at radius 3 is 2.67 bits per heavy atom. The molecule has 3 N–H and O–H groups in total. The highest BCUT2D eigenvalue weighted by molar-refractivity contribution is 6.35. The minimum Gasteiger partial charge on any atom is -0.390 e. The molecule has 2 aromatic rings. The van der Waals surface area contributed by atoms with Crippen LogP contribution in [0.3, 0.4) is 0 Å². The summed E-state index contributed by atoms with van der Waals surface area (Å²) in [5.74, 6) is -2.26. The van der Waals surface area contributed by atoms with Gasteiger partial charge in [0.2, 0.25) is 0 Å². The highest BCUT2D eigenvalue weighted by Gasteiger charge is 2.34. The lowest BCUT2D eigenvalue weighted by Gasteiger charge is -2.31. The Balaban J connectivity index is 1.52. The van der Waals surface area contributed by atoms with Crippen molar-refractivity contribution in [1.29, 1.82) is 0 Å². The van der Waals surface area contributed by atoms with Gasteiger partial charge in [-0.25, -0.2) is 9.18 Å². The second-order valence-corrected chi connectivity index (χ2v) is 10.3. The van der Waals surface area contributed by atoms with Crippen LogP contribution < -0.4 is 10.2 Å². The van der Waals surface area contributed by atoms with E-state index in [1.807, 2.05) is 0 Å². The molecule has 1 unspecified atom stereocenters. The highest BCUT2D eigenvalue weighted by atomic mass is 19.1. The van der Waals surface area contributed by atoms with E-state index in [4.69, 9.17) is 9.57 Å². The second kappa shape index (κ2) is 11.5. The number of aromatic nitrogens is 1. The molecule has 214 valence electrons. The molecule has 0 spiro atoms. The summed E-state index contributed by atoms with van der Waals surface area (Å²) in [6.07, 6.45) is 0.158. The summed E-state index contributed by atoms with van der Waals surface area (Å²) in [5, 5.41) is 23.3. The van der Waals surface area contributed by atoms with E-state index in [9.17, 15) is 29.0 Å². The van der Waals surface area contributed by atoms with Gasteiger partial charge in [0.1, 0.15) is 5.82 Å². The molecule has 0 bridgehead atoms. The number of β-amino-alcohol motifs (C(OH)–C–C–N with tert-alkyl or cyclic N) is 1. The number of hydrogen-bond donors (Lipinski definition) is 3. The van der Waals surface area contributed by atoms with Crippen molar-refractivity contribution in [1.82, 2.24) is 14.5 Å². The number of nitrogens with zero attached hydrogens (tertiary/aromatic N) is 3. The largest absolute Gasteiger partial charge is 0.390 e. The zero-order valence-corrected chi connectivity index (χ0v) is 22.5. The molecule has 1 fully saturated rings. The molecule has 11 nitrogen and oxygen atoms in total. The van der Waals surface area contributed by atoms with Gasteiger partial charge in [0.05, 0.1) is 41.8 Å². The minimum atomic E-state index is -1.43. The lowest BCUT2D eigenvalue weighted by Crippen LogP contribution is -2.46. The monoisotopic (exact) mass is 556 g/mol. The van der Waals surface area contributed by atoms with Gasteiger partial charge in [0, 0.05) is 44.0 Å². The molecule has 1 aromatic heterocycles. The third-order valence-corrected chi connectivity index (χ3v) is 7.43. The molecule has 2 atom stereocenters. The van der Waals surface area contributed by atoms with E-state index >= 15 is 0 Å². The third kappa shape index (κ3) is 5.52. The zero-order valence-electron chi connectivity index (χ0n) is 22.5. The number of aliphatic hydroxyl groups excluding tert-OH is 2. The number of rotatable bonds is 7. The van der Waals surface area contributed by atoms with Gasteiger partial charge in [-0.1, -0.05) is 0 Å². The molecule has 0 radical (unpaired) electrons. The van der Waals surface area contributed by atoms with Gasteiger partial charge in [0.15, 0.2) is 6.10 Å². The third-order valence-electron chi connectivity index (χ3n) is 7.43. The van der Waals surface area contributed by atoms with Gasteiger partial charge >= 0.3 is 5.97 Å². The molecule has 5 rings (SSSR count). The number of morpholine rings is 1. The van der Waals surface area contributed by atoms with Crippen molar-refractivity contribution >= 4 is 35.1 Å². The molecular formula is C28H33FN4O7. The fourth-order valence-electron chi connectivity index (χ4n) is 5.40. The van der Waals surface area contributed by atoms with Crippen LogP contribution in [0.5, 0.6) is 0 Å². The molecule has 0 saturated carbocycles. The Kier molecular flexibility index (Phi) is 8.04. The van der Waals surface area contributed by atoms with Crippen molar-refractivity contribution in [3.05, 3.63) is 52.1 Å². The van der Waals surface area contributed by atoms with Crippen LogP contribution in [0.15, 0.2) is 18.2 Å². The normalized spacial score (nSPS) is 20.1. The van der Waals surface area contributed by atoms with Crippen LogP contribution in [0, 0.1) is 12.7 Å². The van der Waals surface area contributed by atoms with Crippen molar-refractivity contribution < 1.29 is 38.6 Å². The van der Waals surface area contributed by atoms with E-state index in [1.165, 1.54) is 35.9 Å². The van der Waals surface area contributed by atoms with Crippen molar-refractivity contribution in [2.24, 2.45) is 0 Å². The average molecular weight is 557 g/mol. The number of amides is 2. The number of fused-ring (bicyclic) bond motifs is 2. The van der Waals surface area contributed by atoms with E-state index in [0.29, 0.717) is 80.3 Å². The number of benzene rings is 1. The van der Waals surface area contributed by atoms with Crippen LogP contribution in [0.25, 0.3) is 11.6 Å². The number of nitrogens with one attached hydrogen (secondary N) is 1. The lowest BCUT2D eigenvalue weighted by atomic mass is 10.0. The van der Waals surface area contributed by atoms with Crippen LogP contribution in [-0.2, 0) is 20.7 Å². The first-order valence-corrected chi connectivity index (χ1v) is 13.4. The maximum absolute atomic E-state index is 14.0. The van der Waals surface area contributed by atoms with Crippen molar-refractivity contribution in [3.63, 3.8) is 0 Å². The van der Waals surface area contributed by atoms with Gasteiger partial charge in [0.25, 0.3) is 11.8 Å². The Labute approximate surface area is 230 Å². The highest BCUT2D eigenvalue weighted by Crippen LogP contribution is 2.36. The number of halogens is 1. The lowest BCUT2D eigenvalue weighted by molar-refractivity contribution is -0.153. The smallest absolute Gasteiger partial charge is 0.360 e. The maximum Gasteiger partial charge on any atom is 0.360 e. The van der Waals surface area contributed by atoms with Crippen LogP contribution in [0.4, 0.5) is 10.1 Å². The summed E-state index contributed by atoms with van der Waals surface area (Å²) in [7, 11) is 0. The molecule has 4 heterocycles. The van der Waals surface area contributed by atoms with E-state index < -0.39 is 29.9 Å². The van der Waals surface area contributed by atoms with Crippen LogP contribution in [-0.4, -0.2) is 101 Å². The molecule has 12 heteroatoms. The van der Waals surface area contributed by atoms with Gasteiger partial charge in [-0.2, -0.15) is 4.73 Å². The van der Waals surface area contributed by atoms with Gasteiger partial charge < -0.3 is 30.0 Å². The van der Waals surface area contributed by atoms with Gasteiger partial charge in [-0.3, -0.25) is 14.5 Å². The number of anilines is 1. The fraction of sp³-hybridized carbons (Fsp3) is 0.464. The Morgan fingerprint density at radius 1 is 1.20 bits per heavy atom. The molecule has 1 aromatic carbocycles. The number of aliphatic hydroxyl groups is 2. The zero-order chi connectivity index (χ0) is 28.6. The molecule has 2 amide bonds. The predicted octanol–water partition coefficient (Wildman–Crippen LogP) is 0.846. The number of carbonyl (C=O) groups excluding carboxylic acids is 3. The number of hydrogen-bond acceptors (Lipinski definition) is 8. The van der Waals surface area contributed by atoms with Crippen molar-refractivity contribution in [2.45, 2.75) is 38.9 Å².